The topological polar surface area (TPSA) is 66.4 Å². The minimum atomic E-state index is -0.938. The second-order valence-corrected chi connectivity index (χ2v) is 8.07. The molecule has 0 saturated carbocycles. The number of carbonyl (C=O) groups excluding carboxylic acids is 1. The monoisotopic (exact) mass is 365 g/mol. The van der Waals surface area contributed by atoms with Crippen LogP contribution in [0.2, 0.25) is 0 Å². The molecule has 2 atom stereocenters. The molecule has 0 aromatic heterocycles. The third-order valence-electron chi connectivity index (χ3n) is 3.91. The smallest absolute Gasteiger partial charge is 0.310 e. The summed E-state index contributed by atoms with van der Waals surface area (Å²) in [7, 11) is 0. The van der Waals surface area contributed by atoms with Crippen molar-refractivity contribution in [2.45, 2.75) is 47.1 Å². The fourth-order valence-electron chi connectivity index (χ4n) is 2.29. The fourth-order valence-corrected chi connectivity index (χ4v) is 2.75. The van der Waals surface area contributed by atoms with Gasteiger partial charge in [0.25, 0.3) is 0 Å². The zero-order chi connectivity index (χ0) is 19.2. The highest BCUT2D eigenvalue weighted by molar-refractivity contribution is 6.30. The lowest BCUT2D eigenvalue weighted by Crippen LogP contribution is -2.44. The van der Waals surface area contributed by atoms with Crippen LogP contribution >= 0.6 is 11.6 Å². The van der Waals surface area contributed by atoms with Crippen LogP contribution in [0.3, 0.4) is 0 Å². The first kappa shape index (κ1) is 21.2. The molecular formula is C20H28ClNO3. The van der Waals surface area contributed by atoms with Gasteiger partial charge < -0.3 is 10.4 Å². The zero-order valence-electron chi connectivity index (χ0n) is 15.5. The normalized spacial score (nSPS) is 14.9. The zero-order valence-corrected chi connectivity index (χ0v) is 16.3. The van der Waals surface area contributed by atoms with Gasteiger partial charge >= 0.3 is 5.97 Å². The maximum absolute atomic E-state index is 12.3. The number of carboxylic acids is 1. The molecule has 1 aromatic rings. The predicted octanol–water partition coefficient (Wildman–Crippen LogP) is 4.24. The van der Waals surface area contributed by atoms with E-state index in [9.17, 15) is 14.7 Å². The van der Waals surface area contributed by atoms with Crippen LogP contribution in [-0.2, 0) is 16.0 Å². The summed E-state index contributed by atoms with van der Waals surface area (Å²) in [5.74, 6) is -1.76. The molecule has 138 valence electrons. The maximum Gasteiger partial charge on any atom is 0.310 e. The maximum atomic E-state index is 12.3. The van der Waals surface area contributed by atoms with E-state index >= 15 is 0 Å². The molecule has 0 aliphatic heterocycles. The van der Waals surface area contributed by atoms with Gasteiger partial charge in [0.05, 0.1) is 12.0 Å². The average molecular weight is 366 g/mol. The summed E-state index contributed by atoms with van der Waals surface area (Å²) in [6.07, 6.45) is 1.90. The number of benzene rings is 1. The quantitative estimate of drug-likeness (QED) is 0.759. The van der Waals surface area contributed by atoms with Gasteiger partial charge in [-0.05, 0) is 17.9 Å². The Bertz CT molecular complexity index is 618. The van der Waals surface area contributed by atoms with E-state index in [1.807, 2.05) is 65.0 Å². The van der Waals surface area contributed by atoms with Crippen molar-refractivity contribution in [3.8, 4) is 0 Å². The van der Waals surface area contributed by atoms with Crippen LogP contribution in [-0.4, -0.2) is 23.0 Å². The van der Waals surface area contributed by atoms with Gasteiger partial charge in [-0.3, -0.25) is 9.59 Å². The molecule has 0 unspecified atom stereocenters. The van der Waals surface area contributed by atoms with Gasteiger partial charge in [0, 0.05) is 10.4 Å². The van der Waals surface area contributed by atoms with Crippen LogP contribution < -0.4 is 5.32 Å². The van der Waals surface area contributed by atoms with Crippen LogP contribution in [0.25, 0.3) is 0 Å². The molecule has 25 heavy (non-hydrogen) atoms. The number of hydrogen-bond donors (Lipinski definition) is 2. The van der Waals surface area contributed by atoms with E-state index < -0.39 is 23.3 Å². The number of hydrogen-bond acceptors (Lipinski definition) is 2. The molecule has 0 fully saturated rings. The fraction of sp³-hybridized carbons (Fsp3) is 0.500. The third-order valence-corrected chi connectivity index (χ3v) is 4.27. The van der Waals surface area contributed by atoms with Gasteiger partial charge in [0.15, 0.2) is 0 Å². The average Bonchev–Trinajstić information content (AvgIpc) is 2.51. The van der Waals surface area contributed by atoms with Gasteiger partial charge in [-0.2, -0.15) is 0 Å². The summed E-state index contributed by atoms with van der Waals surface area (Å²) in [6, 6.07) is 9.00. The predicted molar refractivity (Wildman–Crippen MR) is 101 cm³/mol. The SMILES string of the molecule is CC(C)[C@H](NC(=O)C(C)(C)C)/C(Cl)=C/[C@@H](Cc1ccccc1)C(=O)O. The highest BCUT2D eigenvalue weighted by atomic mass is 35.5. The Kier molecular flexibility index (Phi) is 7.68. The van der Waals surface area contributed by atoms with Gasteiger partial charge in [-0.1, -0.05) is 82.6 Å². The summed E-state index contributed by atoms with van der Waals surface area (Å²) in [5, 5.41) is 12.8. The van der Waals surface area contributed by atoms with Gasteiger partial charge in [-0.25, -0.2) is 0 Å². The molecule has 4 nitrogen and oxygen atoms in total. The van der Waals surface area contributed by atoms with Crippen molar-refractivity contribution in [3.63, 3.8) is 0 Å². The number of carbonyl (C=O) groups is 2. The number of carboxylic acid groups (broad SMARTS) is 1. The van der Waals surface area contributed by atoms with Crippen LogP contribution in [0.1, 0.15) is 40.2 Å². The summed E-state index contributed by atoms with van der Waals surface area (Å²) >= 11 is 6.42. The number of rotatable bonds is 7. The Labute approximate surface area is 155 Å². The first-order valence-corrected chi connectivity index (χ1v) is 8.85. The second kappa shape index (κ2) is 9.04. The lowest BCUT2D eigenvalue weighted by atomic mass is 9.92. The van der Waals surface area contributed by atoms with E-state index in [1.165, 1.54) is 0 Å². The summed E-state index contributed by atoms with van der Waals surface area (Å²) in [5.41, 5.74) is 0.385. The minimum Gasteiger partial charge on any atom is -0.481 e. The highest BCUT2D eigenvalue weighted by Gasteiger charge is 2.28. The molecule has 5 heteroatoms. The van der Waals surface area contributed by atoms with Crippen molar-refractivity contribution >= 4 is 23.5 Å². The molecule has 0 spiro atoms. The van der Waals surface area contributed by atoms with Crippen molar-refractivity contribution in [3.05, 3.63) is 47.0 Å². The molecule has 1 aromatic carbocycles. The van der Waals surface area contributed by atoms with Gasteiger partial charge in [0.1, 0.15) is 0 Å². The molecule has 0 aliphatic carbocycles. The molecule has 0 radical (unpaired) electrons. The molecule has 0 aliphatic rings. The number of nitrogens with one attached hydrogen (secondary N) is 1. The second-order valence-electron chi connectivity index (χ2n) is 7.63. The van der Waals surface area contributed by atoms with Crippen LogP contribution in [0.4, 0.5) is 0 Å². The minimum absolute atomic E-state index is 0.0428. The Hall–Kier alpha value is -1.81. The van der Waals surface area contributed by atoms with Crippen molar-refractivity contribution < 1.29 is 14.7 Å². The standard InChI is InChI=1S/C20H28ClNO3/c1-13(2)17(22-19(25)20(3,4)5)16(21)12-15(18(23)24)11-14-9-7-6-8-10-14/h6-10,12-13,15,17H,11H2,1-5H3,(H,22,25)(H,23,24)/b16-12-/t15-,17+/m1/s1. The first-order valence-electron chi connectivity index (χ1n) is 8.47. The molecule has 0 heterocycles. The third kappa shape index (κ3) is 6.91. The van der Waals surface area contributed by atoms with E-state index in [-0.39, 0.29) is 11.8 Å². The molecule has 0 saturated heterocycles. The van der Waals surface area contributed by atoms with Crippen molar-refractivity contribution in [2.75, 3.05) is 0 Å². The van der Waals surface area contributed by atoms with Crippen molar-refractivity contribution in [1.82, 2.24) is 5.32 Å². The van der Waals surface area contributed by atoms with E-state index in [0.29, 0.717) is 11.5 Å². The number of aliphatic carboxylic acids is 1. The molecule has 1 amide bonds. The molecule has 2 N–H and O–H groups in total. The van der Waals surface area contributed by atoms with Crippen molar-refractivity contribution in [1.29, 1.82) is 0 Å². The van der Waals surface area contributed by atoms with Crippen molar-refractivity contribution in [2.24, 2.45) is 17.3 Å². The van der Waals surface area contributed by atoms with Crippen LogP contribution in [0.5, 0.6) is 0 Å². The number of amides is 1. The summed E-state index contributed by atoms with van der Waals surface area (Å²) < 4.78 is 0. The van der Waals surface area contributed by atoms with Crippen LogP contribution in [0, 0.1) is 17.3 Å². The Balaban J connectivity index is 3.00. The summed E-state index contributed by atoms with van der Waals surface area (Å²) in [4.78, 5) is 23.9. The van der Waals surface area contributed by atoms with Gasteiger partial charge in [0.2, 0.25) is 5.91 Å². The first-order chi connectivity index (χ1) is 11.5. The highest BCUT2D eigenvalue weighted by Crippen LogP contribution is 2.23. The molecule has 1 rings (SSSR count). The van der Waals surface area contributed by atoms with E-state index in [4.69, 9.17) is 11.6 Å². The lowest BCUT2D eigenvalue weighted by molar-refractivity contribution is -0.140. The Morgan fingerprint density at radius 1 is 1.20 bits per heavy atom. The van der Waals surface area contributed by atoms with E-state index in [2.05, 4.69) is 5.32 Å². The van der Waals surface area contributed by atoms with Gasteiger partial charge in [-0.15, -0.1) is 0 Å². The lowest BCUT2D eigenvalue weighted by Gasteiger charge is -2.27. The Morgan fingerprint density at radius 3 is 2.20 bits per heavy atom. The summed E-state index contributed by atoms with van der Waals surface area (Å²) in [6.45, 7) is 9.36. The van der Waals surface area contributed by atoms with E-state index in [0.717, 1.165) is 5.56 Å². The van der Waals surface area contributed by atoms with E-state index in [1.54, 1.807) is 6.08 Å². The largest absolute Gasteiger partial charge is 0.481 e. The Morgan fingerprint density at radius 2 is 1.76 bits per heavy atom. The molecule has 0 bridgehead atoms. The number of halogens is 1. The molecular weight excluding hydrogens is 338 g/mol. The van der Waals surface area contributed by atoms with Crippen LogP contribution in [0.15, 0.2) is 41.4 Å².